The van der Waals surface area contributed by atoms with Crippen molar-refractivity contribution in [3.63, 3.8) is 0 Å². The molecule has 62 valence electrons. The maximum Gasteiger partial charge on any atom is 0.181 e. The topological polar surface area (TPSA) is 39.1 Å². The van der Waals surface area contributed by atoms with E-state index < -0.39 is 0 Å². The molecule has 0 amide bonds. The standard InChI is InChI=1S/C9H11N3/c1-12(2)9-5-3-4-8(6-9)11-7-10/h3-6,11H,1-2H3. The Kier molecular flexibility index (Phi) is 2.54. The molecule has 1 rings (SSSR count). The van der Waals surface area contributed by atoms with Crippen LogP contribution in [0.1, 0.15) is 0 Å². The second-order valence-electron chi connectivity index (χ2n) is 2.68. The summed E-state index contributed by atoms with van der Waals surface area (Å²) in [5.41, 5.74) is 1.90. The lowest BCUT2D eigenvalue weighted by molar-refractivity contribution is 1.13. The van der Waals surface area contributed by atoms with E-state index in [4.69, 9.17) is 5.26 Å². The van der Waals surface area contributed by atoms with Crippen molar-refractivity contribution in [3.05, 3.63) is 24.3 Å². The molecule has 0 radical (unpaired) electrons. The molecule has 0 spiro atoms. The van der Waals surface area contributed by atoms with Crippen LogP contribution >= 0.6 is 0 Å². The summed E-state index contributed by atoms with van der Waals surface area (Å²) < 4.78 is 0. The number of nitrogens with one attached hydrogen (secondary N) is 1. The van der Waals surface area contributed by atoms with Gasteiger partial charge < -0.3 is 4.90 Å². The Labute approximate surface area is 72.2 Å². The fraction of sp³-hybridized carbons (Fsp3) is 0.222. The smallest absolute Gasteiger partial charge is 0.181 e. The predicted molar refractivity (Wildman–Crippen MR) is 50.0 cm³/mol. The van der Waals surface area contributed by atoms with Gasteiger partial charge in [0.1, 0.15) is 0 Å². The van der Waals surface area contributed by atoms with E-state index in [9.17, 15) is 0 Å². The van der Waals surface area contributed by atoms with Crippen molar-refractivity contribution in [3.8, 4) is 6.19 Å². The molecule has 0 aliphatic carbocycles. The first-order chi connectivity index (χ1) is 5.74. The minimum Gasteiger partial charge on any atom is -0.378 e. The Bertz CT molecular complexity index is 299. The first-order valence-corrected chi connectivity index (χ1v) is 3.66. The van der Waals surface area contributed by atoms with Crippen molar-refractivity contribution in [1.82, 2.24) is 0 Å². The highest BCUT2D eigenvalue weighted by molar-refractivity contribution is 5.58. The third kappa shape index (κ3) is 1.89. The van der Waals surface area contributed by atoms with Gasteiger partial charge in [0.05, 0.1) is 0 Å². The highest BCUT2D eigenvalue weighted by Crippen LogP contribution is 2.16. The van der Waals surface area contributed by atoms with E-state index in [0.29, 0.717) is 0 Å². The summed E-state index contributed by atoms with van der Waals surface area (Å²) in [6.45, 7) is 0. The van der Waals surface area contributed by atoms with Crippen molar-refractivity contribution in [2.24, 2.45) is 0 Å². The Morgan fingerprint density at radius 1 is 1.42 bits per heavy atom. The molecule has 0 bridgehead atoms. The molecule has 0 aliphatic heterocycles. The molecule has 0 saturated carbocycles. The average molecular weight is 161 g/mol. The monoisotopic (exact) mass is 161 g/mol. The second-order valence-corrected chi connectivity index (χ2v) is 2.68. The molecule has 1 aromatic rings. The maximum atomic E-state index is 8.37. The van der Waals surface area contributed by atoms with Gasteiger partial charge in [0.25, 0.3) is 0 Å². The van der Waals surface area contributed by atoms with Crippen molar-refractivity contribution in [1.29, 1.82) is 5.26 Å². The summed E-state index contributed by atoms with van der Waals surface area (Å²) in [4.78, 5) is 1.99. The van der Waals surface area contributed by atoms with E-state index in [1.807, 2.05) is 49.5 Å². The van der Waals surface area contributed by atoms with E-state index in [1.54, 1.807) is 0 Å². The second kappa shape index (κ2) is 3.63. The SMILES string of the molecule is CN(C)c1cccc(NC#N)c1. The molecule has 0 unspecified atom stereocenters. The number of rotatable bonds is 2. The number of nitrogens with zero attached hydrogens (tertiary/aromatic N) is 2. The summed E-state index contributed by atoms with van der Waals surface area (Å²) in [5, 5.41) is 11.0. The summed E-state index contributed by atoms with van der Waals surface area (Å²) in [6.07, 6.45) is 1.88. The first-order valence-electron chi connectivity index (χ1n) is 3.66. The number of hydrogen-bond acceptors (Lipinski definition) is 3. The average Bonchev–Trinajstić information content (AvgIpc) is 2.05. The maximum absolute atomic E-state index is 8.37. The normalized spacial score (nSPS) is 8.75. The summed E-state index contributed by atoms with van der Waals surface area (Å²) in [6, 6.07) is 7.68. The van der Waals surface area contributed by atoms with Gasteiger partial charge in [-0.1, -0.05) is 6.07 Å². The van der Waals surface area contributed by atoms with Crippen molar-refractivity contribution < 1.29 is 0 Å². The van der Waals surface area contributed by atoms with E-state index in [0.717, 1.165) is 11.4 Å². The number of anilines is 2. The number of hydrogen-bond donors (Lipinski definition) is 1. The van der Waals surface area contributed by atoms with Crippen molar-refractivity contribution in [2.45, 2.75) is 0 Å². The molecular weight excluding hydrogens is 150 g/mol. The van der Waals surface area contributed by atoms with Gasteiger partial charge >= 0.3 is 0 Å². The molecule has 3 heteroatoms. The number of nitriles is 1. The first kappa shape index (κ1) is 8.41. The zero-order valence-corrected chi connectivity index (χ0v) is 7.20. The molecule has 0 saturated heterocycles. The minimum atomic E-state index is 0.823. The zero-order chi connectivity index (χ0) is 8.97. The quantitative estimate of drug-likeness (QED) is 0.529. The largest absolute Gasteiger partial charge is 0.378 e. The van der Waals surface area contributed by atoms with Crippen LogP contribution < -0.4 is 10.2 Å². The van der Waals surface area contributed by atoms with Crippen molar-refractivity contribution >= 4 is 11.4 Å². The van der Waals surface area contributed by atoms with E-state index >= 15 is 0 Å². The fourth-order valence-electron chi connectivity index (χ4n) is 0.926. The molecule has 0 heterocycles. The minimum absolute atomic E-state index is 0.823. The van der Waals surface area contributed by atoms with Crippen LogP contribution in [-0.2, 0) is 0 Å². The van der Waals surface area contributed by atoms with Gasteiger partial charge in [0.15, 0.2) is 6.19 Å². The van der Waals surface area contributed by atoms with Crippen LogP contribution in [0.5, 0.6) is 0 Å². The summed E-state index contributed by atoms with van der Waals surface area (Å²) >= 11 is 0. The Morgan fingerprint density at radius 3 is 2.75 bits per heavy atom. The van der Waals surface area contributed by atoms with Gasteiger partial charge in [-0.15, -0.1) is 0 Å². The molecule has 0 fully saturated rings. The highest BCUT2D eigenvalue weighted by atomic mass is 15.1. The van der Waals surface area contributed by atoms with Gasteiger partial charge in [-0.2, -0.15) is 5.26 Å². The van der Waals surface area contributed by atoms with E-state index in [1.165, 1.54) is 0 Å². The van der Waals surface area contributed by atoms with E-state index in [2.05, 4.69) is 5.32 Å². The third-order valence-corrected chi connectivity index (χ3v) is 1.56. The third-order valence-electron chi connectivity index (χ3n) is 1.56. The summed E-state index contributed by atoms with van der Waals surface area (Å²) in [7, 11) is 3.93. The Balaban J connectivity index is 2.90. The Hall–Kier alpha value is -1.69. The fourth-order valence-corrected chi connectivity index (χ4v) is 0.926. The van der Waals surface area contributed by atoms with Gasteiger partial charge in [0.2, 0.25) is 0 Å². The van der Waals surface area contributed by atoms with E-state index in [-0.39, 0.29) is 0 Å². The van der Waals surface area contributed by atoms with Crippen LogP contribution in [0.4, 0.5) is 11.4 Å². The zero-order valence-electron chi connectivity index (χ0n) is 7.20. The molecule has 0 aromatic heterocycles. The molecule has 1 N–H and O–H groups in total. The lowest BCUT2D eigenvalue weighted by atomic mass is 10.2. The lowest BCUT2D eigenvalue weighted by Gasteiger charge is -2.12. The molecule has 12 heavy (non-hydrogen) atoms. The van der Waals surface area contributed by atoms with Gasteiger partial charge in [-0.3, -0.25) is 5.32 Å². The van der Waals surface area contributed by atoms with Crippen LogP contribution in [0.15, 0.2) is 24.3 Å². The Morgan fingerprint density at radius 2 is 2.17 bits per heavy atom. The molecular formula is C9H11N3. The molecule has 0 atom stereocenters. The summed E-state index contributed by atoms with van der Waals surface area (Å²) in [5.74, 6) is 0. The highest BCUT2D eigenvalue weighted by Gasteiger charge is 1.95. The van der Waals surface area contributed by atoms with Crippen molar-refractivity contribution in [2.75, 3.05) is 24.3 Å². The number of benzene rings is 1. The van der Waals surface area contributed by atoms with Gasteiger partial charge in [-0.05, 0) is 18.2 Å². The molecule has 1 aromatic carbocycles. The molecule has 3 nitrogen and oxygen atoms in total. The molecule has 0 aliphatic rings. The van der Waals surface area contributed by atoms with Crippen LogP contribution in [0.25, 0.3) is 0 Å². The van der Waals surface area contributed by atoms with Gasteiger partial charge in [0, 0.05) is 25.5 Å². The predicted octanol–water partition coefficient (Wildman–Crippen LogP) is 1.65. The van der Waals surface area contributed by atoms with Crippen LogP contribution in [0.2, 0.25) is 0 Å². The van der Waals surface area contributed by atoms with Gasteiger partial charge in [-0.25, -0.2) is 0 Å². The van der Waals surface area contributed by atoms with Crippen LogP contribution in [-0.4, -0.2) is 14.1 Å². The van der Waals surface area contributed by atoms with Crippen LogP contribution in [0.3, 0.4) is 0 Å². The lowest BCUT2D eigenvalue weighted by Crippen LogP contribution is -2.08. The van der Waals surface area contributed by atoms with Crippen LogP contribution in [0, 0.1) is 11.5 Å².